The number of carbonyl (C=O) groups excluding carboxylic acids is 2. The zero-order valence-corrected chi connectivity index (χ0v) is 11.7. The van der Waals surface area contributed by atoms with Crippen LogP contribution in [-0.4, -0.2) is 24.4 Å². The Hall–Kier alpha value is -1.26. The van der Waals surface area contributed by atoms with Crippen molar-refractivity contribution in [2.24, 2.45) is 0 Å². The second kappa shape index (κ2) is 6.26. The summed E-state index contributed by atoms with van der Waals surface area (Å²) >= 11 is 11.7. The van der Waals surface area contributed by atoms with Crippen LogP contribution in [0.4, 0.5) is 0 Å². The van der Waals surface area contributed by atoms with Gasteiger partial charge in [0.15, 0.2) is 0 Å². The van der Waals surface area contributed by atoms with Crippen molar-refractivity contribution >= 4 is 35.0 Å². The van der Waals surface area contributed by atoms with E-state index < -0.39 is 0 Å². The van der Waals surface area contributed by atoms with Crippen LogP contribution in [0.15, 0.2) is 18.2 Å². The van der Waals surface area contributed by atoms with Crippen molar-refractivity contribution < 1.29 is 9.59 Å². The summed E-state index contributed by atoms with van der Waals surface area (Å²) in [6.45, 7) is 0.000538. The topological polar surface area (TPSA) is 58.2 Å². The van der Waals surface area contributed by atoms with E-state index in [2.05, 4.69) is 10.6 Å². The number of rotatable bonds is 5. The quantitative estimate of drug-likeness (QED) is 0.873. The first-order valence-electron chi connectivity index (χ1n) is 6.04. The van der Waals surface area contributed by atoms with Gasteiger partial charge < -0.3 is 10.6 Å². The Morgan fingerprint density at radius 3 is 2.58 bits per heavy atom. The summed E-state index contributed by atoms with van der Waals surface area (Å²) in [6.07, 6.45) is 2.19. The fourth-order valence-corrected chi connectivity index (χ4v) is 2.06. The molecule has 1 aliphatic rings. The molecule has 0 aliphatic heterocycles. The molecule has 1 aromatic carbocycles. The lowest BCUT2D eigenvalue weighted by molar-refractivity contribution is -0.125. The molecule has 0 atom stereocenters. The first-order chi connectivity index (χ1) is 9.04. The molecule has 0 unspecified atom stereocenters. The van der Waals surface area contributed by atoms with E-state index in [0.29, 0.717) is 21.7 Å². The van der Waals surface area contributed by atoms with Crippen molar-refractivity contribution in [3.8, 4) is 0 Å². The molecule has 4 nitrogen and oxygen atoms in total. The molecule has 19 heavy (non-hydrogen) atoms. The van der Waals surface area contributed by atoms with Crippen LogP contribution in [0.5, 0.6) is 0 Å². The lowest BCUT2D eigenvalue weighted by Gasteiger charge is -2.07. The maximum absolute atomic E-state index is 11.7. The number of nitrogens with one attached hydrogen (secondary N) is 2. The van der Waals surface area contributed by atoms with E-state index in [-0.39, 0.29) is 24.8 Å². The molecule has 0 saturated heterocycles. The van der Waals surface area contributed by atoms with Gasteiger partial charge in [0.2, 0.25) is 11.8 Å². The molecule has 102 valence electrons. The highest BCUT2D eigenvalue weighted by Crippen LogP contribution is 2.21. The minimum atomic E-state index is -0.241. The number of carbonyl (C=O) groups is 2. The number of benzene rings is 1. The van der Waals surface area contributed by atoms with Gasteiger partial charge in [-0.2, -0.15) is 0 Å². The van der Waals surface area contributed by atoms with E-state index in [1.807, 2.05) is 0 Å². The van der Waals surface area contributed by atoms with Crippen molar-refractivity contribution in [1.82, 2.24) is 10.6 Å². The summed E-state index contributed by atoms with van der Waals surface area (Å²) in [7, 11) is 0. The van der Waals surface area contributed by atoms with Gasteiger partial charge in [-0.25, -0.2) is 0 Å². The summed E-state index contributed by atoms with van der Waals surface area (Å²) in [6, 6.07) is 5.27. The van der Waals surface area contributed by atoms with Crippen molar-refractivity contribution in [3.63, 3.8) is 0 Å². The van der Waals surface area contributed by atoms with Crippen LogP contribution in [0.3, 0.4) is 0 Å². The molecule has 2 N–H and O–H groups in total. The highest BCUT2D eigenvalue weighted by atomic mass is 35.5. The van der Waals surface area contributed by atoms with E-state index in [1.54, 1.807) is 18.2 Å². The van der Waals surface area contributed by atoms with Gasteiger partial charge in [0.25, 0.3) is 0 Å². The highest BCUT2D eigenvalue weighted by molar-refractivity contribution is 6.35. The maximum atomic E-state index is 11.7. The second-order valence-corrected chi connectivity index (χ2v) is 5.37. The summed E-state index contributed by atoms with van der Waals surface area (Å²) < 4.78 is 0. The molecule has 2 amide bonds. The van der Waals surface area contributed by atoms with Crippen molar-refractivity contribution in [2.75, 3.05) is 6.54 Å². The van der Waals surface area contributed by atoms with Gasteiger partial charge in [-0.15, -0.1) is 0 Å². The average molecular weight is 301 g/mol. The van der Waals surface area contributed by atoms with Crippen LogP contribution in [0.2, 0.25) is 10.0 Å². The third-order valence-corrected chi connectivity index (χ3v) is 3.34. The Kier molecular flexibility index (Phi) is 4.66. The van der Waals surface area contributed by atoms with Gasteiger partial charge >= 0.3 is 0 Å². The van der Waals surface area contributed by atoms with E-state index in [9.17, 15) is 9.59 Å². The minimum absolute atomic E-state index is 0.000538. The maximum Gasteiger partial charge on any atom is 0.239 e. The van der Waals surface area contributed by atoms with Gasteiger partial charge in [-0.3, -0.25) is 9.59 Å². The smallest absolute Gasteiger partial charge is 0.239 e. The molecule has 0 bridgehead atoms. The van der Waals surface area contributed by atoms with Crippen LogP contribution < -0.4 is 10.6 Å². The fraction of sp³-hybridized carbons (Fsp3) is 0.385. The van der Waals surface area contributed by atoms with Crippen molar-refractivity contribution in [2.45, 2.75) is 25.3 Å². The summed E-state index contributed by atoms with van der Waals surface area (Å²) in [4.78, 5) is 23.1. The zero-order valence-electron chi connectivity index (χ0n) is 10.2. The minimum Gasteiger partial charge on any atom is -0.352 e. The third kappa shape index (κ3) is 4.73. The van der Waals surface area contributed by atoms with Crippen LogP contribution in [0.25, 0.3) is 0 Å². The Balaban J connectivity index is 1.78. The van der Waals surface area contributed by atoms with Gasteiger partial charge in [0.05, 0.1) is 13.0 Å². The van der Waals surface area contributed by atoms with E-state index in [1.165, 1.54) is 0 Å². The summed E-state index contributed by atoms with van der Waals surface area (Å²) in [5.41, 5.74) is 0.686. The number of hydrogen-bond acceptors (Lipinski definition) is 2. The van der Waals surface area contributed by atoms with Crippen LogP contribution in [0, 0.1) is 0 Å². The summed E-state index contributed by atoms with van der Waals surface area (Å²) in [5, 5.41) is 6.33. The molecule has 0 radical (unpaired) electrons. The van der Waals surface area contributed by atoms with Crippen LogP contribution in [0.1, 0.15) is 18.4 Å². The number of amides is 2. The average Bonchev–Trinajstić information content (AvgIpc) is 3.14. The molecule has 0 aromatic heterocycles. The van der Waals surface area contributed by atoms with Gasteiger partial charge in [-0.05, 0) is 30.5 Å². The van der Waals surface area contributed by atoms with E-state index in [0.717, 1.165) is 12.8 Å². The SMILES string of the molecule is O=C(Cc1ccc(Cl)cc1Cl)NCC(=O)NC1CC1. The number of hydrogen-bond donors (Lipinski definition) is 2. The molecule has 2 rings (SSSR count). The largest absolute Gasteiger partial charge is 0.352 e. The lowest BCUT2D eigenvalue weighted by Crippen LogP contribution is -2.38. The van der Waals surface area contributed by atoms with Crippen LogP contribution >= 0.6 is 23.2 Å². The molecular formula is C13H14Cl2N2O2. The molecule has 1 fully saturated rings. The third-order valence-electron chi connectivity index (χ3n) is 2.75. The van der Waals surface area contributed by atoms with E-state index in [4.69, 9.17) is 23.2 Å². The molecule has 1 aromatic rings. The van der Waals surface area contributed by atoms with E-state index >= 15 is 0 Å². The molecule has 1 saturated carbocycles. The first-order valence-corrected chi connectivity index (χ1v) is 6.80. The zero-order chi connectivity index (χ0) is 13.8. The summed E-state index contributed by atoms with van der Waals surface area (Å²) in [5.74, 6) is -0.395. The highest BCUT2D eigenvalue weighted by Gasteiger charge is 2.23. The molecule has 1 aliphatic carbocycles. The Morgan fingerprint density at radius 2 is 1.95 bits per heavy atom. The first kappa shape index (κ1) is 14.2. The van der Waals surface area contributed by atoms with Gasteiger partial charge in [0, 0.05) is 16.1 Å². The molecule has 6 heteroatoms. The standard InChI is InChI=1S/C13H14Cl2N2O2/c14-9-2-1-8(11(15)6-9)5-12(18)16-7-13(19)17-10-3-4-10/h1-2,6,10H,3-5,7H2,(H,16,18)(H,17,19). The Morgan fingerprint density at radius 1 is 1.21 bits per heavy atom. The van der Waals surface area contributed by atoms with Gasteiger partial charge in [0.1, 0.15) is 0 Å². The second-order valence-electron chi connectivity index (χ2n) is 4.53. The molecular weight excluding hydrogens is 287 g/mol. The monoisotopic (exact) mass is 300 g/mol. The predicted octanol–water partition coefficient (Wildman–Crippen LogP) is 1.93. The lowest BCUT2D eigenvalue weighted by atomic mass is 10.1. The van der Waals surface area contributed by atoms with Crippen molar-refractivity contribution in [3.05, 3.63) is 33.8 Å². The molecule has 0 heterocycles. The van der Waals surface area contributed by atoms with Crippen molar-refractivity contribution in [1.29, 1.82) is 0 Å². The predicted molar refractivity (Wildman–Crippen MR) is 74.3 cm³/mol. The fourth-order valence-electron chi connectivity index (χ4n) is 1.59. The van der Waals surface area contributed by atoms with Gasteiger partial charge in [-0.1, -0.05) is 29.3 Å². The normalized spacial score (nSPS) is 14.0. The van der Waals surface area contributed by atoms with Crippen LogP contribution in [-0.2, 0) is 16.0 Å². The molecule has 0 spiro atoms. The Bertz CT molecular complexity index is 501. The Labute approximate surface area is 121 Å². The number of halogens is 2.